The van der Waals surface area contributed by atoms with Crippen molar-refractivity contribution in [3.8, 4) is 0 Å². The molecular weight excluding hydrogens is 351 g/mol. The van der Waals surface area contributed by atoms with Gasteiger partial charge in [0.05, 0.1) is 0 Å². The Hall–Kier alpha value is 2.78. The Bertz CT molecular complexity index is 108. The minimum atomic E-state index is -0.0556. The molecule has 0 aliphatic rings. The molecule has 0 rings (SSSR count). The predicted octanol–water partition coefficient (Wildman–Crippen LogP) is -7.87. The van der Waals surface area contributed by atoms with Gasteiger partial charge in [-0.05, 0) is 0 Å². The molecule has 0 aromatic carbocycles. The fourth-order valence-electron chi connectivity index (χ4n) is 0.300. The third-order valence-corrected chi connectivity index (χ3v) is 0.839. The van der Waals surface area contributed by atoms with Crippen molar-refractivity contribution in [3.05, 3.63) is 13.5 Å². The second kappa shape index (κ2) is 42.8. The molecule has 0 aromatic heterocycles. The van der Waals surface area contributed by atoms with E-state index in [2.05, 4.69) is 25.5 Å². The van der Waals surface area contributed by atoms with E-state index in [9.17, 15) is 5.11 Å². The van der Waals surface area contributed by atoms with Crippen LogP contribution in [0.1, 0.15) is 28.2 Å². The second-order valence-corrected chi connectivity index (χ2v) is 3.23. The molecule has 0 heterocycles. The molecule has 0 aliphatic heterocycles. The second-order valence-electron chi connectivity index (χ2n) is 3.23. The van der Waals surface area contributed by atoms with Gasteiger partial charge >= 0.3 is 65.0 Å². The van der Waals surface area contributed by atoms with E-state index >= 15 is 0 Å². The number of methoxy groups -OCH3 is 1. The van der Waals surface area contributed by atoms with E-state index < -0.39 is 0 Å². The van der Waals surface area contributed by atoms with Gasteiger partial charge in [-0.2, -0.15) is 18.4 Å². The zero-order valence-electron chi connectivity index (χ0n) is 12.2. The van der Waals surface area contributed by atoms with Crippen LogP contribution in [0.25, 0.3) is 0 Å². The quantitative estimate of drug-likeness (QED) is 0.207. The van der Waals surface area contributed by atoms with E-state index in [1.807, 2.05) is 0 Å². The summed E-state index contributed by atoms with van der Waals surface area (Å²) < 4.78 is 9.54. The van der Waals surface area contributed by atoms with Gasteiger partial charge in [0.15, 0.2) is 0 Å². The average Bonchev–Trinajstić information content (AvgIpc) is 2.05. The summed E-state index contributed by atoms with van der Waals surface area (Å²) in [6, 6.07) is 0. The molecule has 0 fully saturated rings. The van der Waals surface area contributed by atoms with Gasteiger partial charge in [0.1, 0.15) is 6.79 Å². The Kier molecular flexibility index (Phi) is 112. The van der Waals surface area contributed by atoms with Crippen LogP contribution in [0.2, 0.25) is 0 Å². The minimum Gasteiger partial charge on any atom is -1.00 e. The first-order valence-electron chi connectivity index (χ1n) is 4.39. The van der Waals surface area contributed by atoms with Gasteiger partial charge in [0.25, 0.3) is 0 Å². The zero-order valence-corrected chi connectivity index (χ0v) is 17.4. The van der Waals surface area contributed by atoms with Crippen molar-refractivity contribution in [2.24, 2.45) is 11.8 Å². The van der Waals surface area contributed by atoms with Crippen molar-refractivity contribution in [2.75, 3.05) is 20.5 Å². The molecule has 0 radical (unpaired) electrons. The number of rotatable bonds is 5. The van der Waals surface area contributed by atoms with Crippen molar-refractivity contribution in [1.82, 2.24) is 0 Å². The molecule has 19 heavy (non-hydrogen) atoms. The van der Waals surface area contributed by atoms with Gasteiger partial charge in [-0.1, -0.05) is 28.2 Å². The molecule has 0 amide bonds. The molecule has 106 valence electrons. The van der Waals surface area contributed by atoms with Crippen LogP contribution in [0.4, 0.5) is 0 Å². The Balaban J connectivity index is -0.0000000169. The Morgan fingerprint density at radius 2 is 1.53 bits per heavy atom. The average molecular weight is 376 g/mol. The van der Waals surface area contributed by atoms with Crippen LogP contribution in [-0.2, 0) is 9.47 Å². The van der Waals surface area contributed by atoms with Crippen molar-refractivity contribution in [1.29, 1.82) is 0 Å². The number of hydrogen-bond donors (Lipinski definition) is 0. The van der Waals surface area contributed by atoms with Crippen molar-refractivity contribution >= 4 is 46.1 Å². The number of halogens is 2. The summed E-state index contributed by atoms with van der Waals surface area (Å²) in [5, 5.41) is 9.57. The molecule has 1 atom stereocenters. The van der Waals surface area contributed by atoms with Gasteiger partial charge in [-0.25, -0.2) is 6.61 Å². The smallest absolute Gasteiger partial charge is 1.00 e. The van der Waals surface area contributed by atoms with Gasteiger partial charge in [-0.15, -0.1) is 0 Å². The minimum absolute atomic E-state index is 0. The van der Waals surface area contributed by atoms with E-state index in [1.165, 1.54) is 0 Å². The van der Waals surface area contributed by atoms with Gasteiger partial charge in [-0.3, -0.25) is 0 Å². The van der Waals surface area contributed by atoms with Crippen molar-refractivity contribution in [2.45, 2.75) is 28.2 Å². The maximum Gasteiger partial charge on any atom is 2.00 e. The maximum atomic E-state index is 9.57. The van der Waals surface area contributed by atoms with Crippen molar-refractivity contribution in [3.63, 3.8) is 0 Å². The largest absolute Gasteiger partial charge is 2.00 e. The predicted molar refractivity (Wildman–Crippen MR) is 69.7 cm³/mol. The molecule has 0 aliphatic carbocycles. The fraction of sp³-hybridized carbons (Fsp3) is 0.818. The molecule has 8 heteroatoms. The van der Waals surface area contributed by atoms with Gasteiger partial charge in [0, 0.05) is 7.11 Å². The van der Waals surface area contributed by atoms with E-state index in [0.29, 0.717) is 12.7 Å². The molecule has 0 bridgehead atoms. The third kappa shape index (κ3) is 76.6. The molecule has 0 aromatic rings. The summed E-state index contributed by atoms with van der Waals surface area (Å²) in [6.45, 7) is 11.4. The molecule has 0 N–H and O–H groups in total. The van der Waals surface area contributed by atoms with Crippen LogP contribution in [0, 0.1) is 25.4 Å². The Labute approximate surface area is 181 Å². The van der Waals surface area contributed by atoms with Crippen LogP contribution >= 0.6 is 0 Å². The Morgan fingerprint density at radius 3 is 1.68 bits per heavy atom. The standard InChI is InChI=1S/C6H13O2.C4H8O.CH4.BrH.ClH.Li.2Mg/c1-6(2)4-8-5-7-3;1-4(2)3-5;;;;;;/h4,6H,5H2,1-3H3;4H,1,3H2,2H3;1H4;2*1H;;;/q-1;-2;;;;+1;2*+2/p-2/t;4-;;;;;;/m.1....../s1. The first-order valence-corrected chi connectivity index (χ1v) is 4.39. The van der Waals surface area contributed by atoms with E-state index in [0.717, 1.165) is 0 Å². The summed E-state index contributed by atoms with van der Waals surface area (Å²) in [5.41, 5.74) is 0. The summed E-state index contributed by atoms with van der Waals surface area (Å²) in [5.74, 6) is 0.556. The zero-order chi connectivity index (χ0) is 10.7. The summed E-state index contributed by atoms with van der Waals surface area (Å²) in [4.78, 5) is 0. The summed E-state index contributed by atoms with van der Waals surface area (Å²) >= 11 is 0. The third-order valence-electron chi connectivity index (χ3n) is 0.839. The van der Waals surface area contributed by atoms with Crippen LogP contribution < -0.4 is 53.4 Å². The monoisotopic (exact) mass is 374 g/mol. The fourth-order valence-corrected chi connectivity index (χ4v) is 0.300. The van der Waals surface area contributed by atoms with Crippen LogP contribution in [-0.4, -0.2) is 66.6 Å². The van der Waals surface area contributed by atoms with Crippen LogP contribution in [0.15, 0.2) is 0 Å². The van der Waals surface area contributed by atoms with Gasteiger partial charge in [0.2, 0.25) is 0 Å². The molecule has 3 nitrogen and oxygen atoms in total. The first-order chi connectivity index (χ1) is 6.04. The van der Waals surface area contributed by atoms with Crippen LogP contribution in [0.3, 0.4) is 0 Å². The molecule has 0 spiro atoms. The Morgan fingerprint density at radius 1 is 1.21 bits per heavy atom. The van der Waals surface area contributed by atoms with E-state index in [4.69, 9.17) is 4.74 Å². The maximum absolute atomic E-state index is 9.57. The molecular formula is C11H25BrClLiMg2O3. The van der Waals surface area contributed by atoms with Crippen molar-refractivity contribution < 1.29 is 62.8 Å². The van der Waals surface area contributed by atoms with E-state index in [-0.39, 0.29) is 114 Å². The number of hydrogen-bond acceptors (Lipinski definition) is 3. The van der Waals surface area contributed by atoms with E-state index in [1.54, 1.807) is 20.6 Å². The molecule has 0 saturated carbocycles. The molecule has 0 unspecified atom stereocenters. The van der Waals surface area contributed by atoms with Crippen LogP contribution in [0.5, 0.6) is 0 Å². The van der Waals surface area contributed by atoms with Gasteiger partial charge < -0.3 is 50.9 Å². The number of ether oxygens (including phenoxy) is 2. The first kappa shape index (κ1) is 49.5. The molecule has 0 saturated heterocycles. The normalized spacial score (nSPS) is 8.37. The topological polar surface area (TPSA) is 41.5 Å². The SMILES string of the molecule is C.COCO[CH-]C(C)C.[Br-].[CH2-][C@H](C)C[O-].[Cl-].[Li+].[Mg+2].[Mg+2]. The summed E-state index contributed by atoms with van der Waals surface area (Å²) in [7, 11) is 1.61. The summed E-state index contributed by atoms with van der Waals surface area (Å²) in [6.07, 6.45) is 0.